The zero-order valence-electron chi connectivity index (χ0n) is 17.5. The Labute approximate surface area is 181 Å². The maximum Gasteiger partial charge on any atom is 0.317 e. The first-order valence-electron chi connectivity index (χ1n) is 10.5. The van der Waals surface area contributed by atoms with Crippen molar-refractivity contribution in [3.8, 4) is 11.1 Å². The zero-order chi connectivity index (χ0) is 22.4. The van der Waals surface area contributed by atoms with E-state index in [4.69, 9.17) is 5.11 Å². The number of likely N-dealkylation sites (tertiary alicyclic amines) is 1. The molecule has 2 aromatic carbocycles. The van der Waals surface area contributed by atoms with Crippen molar-refractivity contribution < 1.29 is 24.6 Å². The number of carboxylic acids is 2. The van der Waals surface area contributed by atoms with Gasteiger partial charge in [0.2, 0.25) is 0 Å². The third-order valence-corrected chi connectivity index (χ3v) is 5.76. The molecule has 0 radical (unpaired) electrons. The average molecular weight is 424 g/mol. The summed E-state index contributed by atoms with van der Waals surface area (Å²) in [5, 5.41) is 21.4. The molecule has 1 saturated heterocycles. The molecule has 1 unspecified atom stereocenters. The number of nitrogens with zero attached hydrogens (tertiary/aromatic N) is 1. The molecule has 0 bridgehead atoms. The van der Waals surface area contributed by atoms with Gasteiger partial charge < -0.3 is 20.4 Å². The molecule has 1 aliphatic heterocycles. The molecule has 0 spiro atoms. The first kappa shape index (κ1) is 22.3. The molecular weight excluding hydrogens is 396 g/mol. The van der Waals surface area contributed by atoms with Crippen LogP contribution < -0.4 is 5.32 Å². The minimum atomic E-state index is -0.911. The van der Waals surface area contributed by atoms with Crippen LogP contribution in [0.5, 0.6) is 0 Å². The Bertz CT molecular complexity index is 913. The summed E-state index contributed by atoms with van der Waals surface area (Å²) < 4.78 is 0. The Morgan fingerprint density at radius 3 is 2.26 bits per heavy atom. The molecule has 0 aliphatic carbocycles. The largest absolute Gasteiger partial charge is 0.481 e. The number of rotatable bonds is 8. The van der Waals surface area contributed by atoms with E-state index in [1.807, 2.05) is 54.6 Å². The molecule has 1 aliphatic rings. The quantitative estimate of drug-likeness (QED) is 0.601. The lowest BCUT2D eigenvalue weighted by molar-refractivity contribution is -0.142. The molecule has 1 fully saturated rings. The van der Waals surface area contributed by atoms with E-state index in [9.17, 15) is 19.5 Å². The molecule has 3 atom stereocenters. The Hall–Kier alpha value is -3.35. The third-order valence-electron chi connectivity index (χ3n) is 5.76. The van der Waals surface area contributed by atoms with Gasteiger partial charge in [-0.1, -0.05) is 61.5 Å². The molecule has 0 saturated carbocycles. The van der Waals surface area contributed by atoms with Gasteiger partial charge >= 0.3 is 18.0 Å². The van der Waals surface area contributed by atoms with Gasteiger partial charge in [-0.25, -0.2) is 4.79 Å². The molecule has 0 aromatic heterocycles. The van der Waals surface area contributed by atoms with Crippen LogP contribution in [-0.4, -0.2) is 52.2 Å². The maximum absolute atomic E-state index is 12.7. The molecule has 31 heavy (non-hydrogen) atoms. The minimum absolute atomic E-state index is 0.175. The van der Waals surface area contributed by atoms with Crippen LogP contribution in [0.25, 0.3) is 11.1 Å². The first-order chi connectivity index (χ1) is 14.8. The molecule has 2 aromatic rings. The van der Waals surface area contributed by atoms with E-state index < -0.39 is 23.8 Å². The Balaban J connectivity index is 1.68. The Kier molecular flexibility index (Phi) is 7.28. The zero-order valence-corrected chi connectivity index (χ0v) is 17.5. The summed E-state index contributed by atoms with van der Waals surface area (Å²) in [7, 11) is 0. The predicted molar refractivity (Wildman–Crippen MR) is 117 cm³/mol. The summed E-state index contributed by atoms with van der Waals surface area (Å²) >= 11 is 0. The number of urea groups is 1. The van der Waals surface area contributed by atoms with Crippen molar-refractivity contribution in [2.75, 3.05) is 13.1 Å². The van der Waals surface area contributed by atoms with Crippen LogP contribution in [0.4, 0.5) is 4.79 Å². The number of carboxylic acid groups (broad SMARTS) is 2. The van der Waals surface area contributed by atoms with Gasteiger partial charge in [0, 0.05) is 19.1 Å². The number of hydrogen-bond acceptors (Lipinski definition) is 3. The van der Waals surface area contributed by atoms with Crippen molar-refractivity contribution in [2.45, 2.75) is 32.2 Å². The number of aliphatic carboxylic acids is 2. The molecule has 2 amide bonds. The van der Waals surface area contributed by atoms with Crippen molar-refractivity contribution in [3.05, 3.63) is 60.2 Å². The SMILES string of the molecule is C[C@H](CC(Cc1ccc(-c2ccccc2)cc1)NC(=O)N1CC[C@H](C(=O)O)C1)C(=O)O. The standard InChI is InChI=1S/C24H28N2O5/c1-16(22(27)28)13-21(25-24(31)26-12-11-20(15-26)23(29)30)14-17-7-9-19(10-8-17)18-5-3-2-4-6-18/h2-10,16,20-21H,11-15H2,1H3,(H,25,31)(H,27,28)(H,29,30)/t16-,20+,21?/m1/s1. The van der Waals surface area contributed by atoms with E-state index in [-0.39, 0.29) is 25.0 Å². The van der Waals surface area contributed by atoms with Crippen LogP contribution in [0.15, 0.2) is 54.6 Å². The highest BCUT2D eigenvalue weighted by molar-refractivity contribution is 5.78. The monoisotopic (exact) mass is 424 g/mol. The van der Waals surface area contributed by atoms with E-state index in [0.717, 1.165) is 16.7 Å². The van der Waals surface area contributed by atoms with E-state index in [2.05, 4.69) is 5.32 Å². The van der Waals surface area contributed by atoms with Crippen LogP contribution in [0.3, 0.4) is 0 Å². The van der Waals surface area contributed by atoms with E-state index in [1.165, 1.54) is 4.90 Å². The lowest BCUT2D eigenvalue weighted by Gasteiger charge is -2.25. The fourth-order valence-corrected chi connectivity index (χ4v) is 3.88. The Morgan fingerprint density at radius 2 is 1.68 bits per heavy atom. The van der Waals surface area contributed by atoms with Crippen molar-refractivity contribution >= 4 is 18.0 Å². The second-order valence-electron chi connectivity index (χ2n) is 8.16. The second-order valence-corrected chi connectivity index (χ2v) is 8.16. The number of hydrogen-bond donors (Lipinski definition) is 3. The van der Waals surface area contributed by atoms with E-state index >= 15 is 0 Å². The number of amides is 2. The van der Waals surface area contributed by atoms with Gasteiger partial charge in [0.15, 0.2) is 0 Å². The van der Waals surface area contributed by atoms with Crippen LogP contribution >= 0.6 is 0 Å². The lowest BCUT2D eigenvalue weighted by Crippen LogP contribution is -2.46. The highest BCUT2D eigenvalue weighted by Gasteiger charge is 2.32. The fraction of sp³-hybridized carbons (Fsp3) is 0.375. The highest BCUT2D eigenvalue weighted by Crippen LogP contribution is 2.21. The predicted octanol–water partition coefficient (Wildman–Crippen LogP) is 3.49. The fourth-order valence-electron chi connectivity index (χ4n) is 3.88. The lowest BCUT2D eigenvalue weighted by atomic mass is 9.95. The summed E-state index contributed by atoms with van der Waals surface area (Å²) in [6.07, 6.45) is 1.21. The highest BCUT2D eigenvalue weighted by atomic mass is 16.4. The molecular formula is C24H28N2O5. The minimum Gasteiger partial charge on any atom is -0.481 e. The maximum atomic E-state index is 12.7. The van der Waals surface area contributed by atoms with Gasteiger partial charge in [-0.3, -0.25) is 9.59 Å². The average Bonchev–Trinajstić information content (AvgIpc) is 3.25. The van der Waals surface area contributed by atoms with Gasteiger partial charge in [0.1, 0.15) is 0 Å². The Morgan fingerprint density at radius 1 is 1.03 bits per heavy atom. The van der Waals surface area contributed by atoms with E-state index in [1.54, 1.807) is 6.92 Å². The van der Waals surface area contributed by atoms with Gasteiger partial charge in [-0.15, -0.1) is 0 Å². The van der Waals surface area contributed by atoms with Crippen molar-refractivity contribution in [3.63, 3.8) is 0 Å². The van der Waals surface area contributed by atoms with Crippen LogP contribution in [-0.2, 0) is 16.0 Å². The number of carbonyl (C=O) groups is 3. The van der Waals surface area contributed by atoms with E-state index in [0.29, 0.717) is 19.4 Å². The van der Waals surface area contributed by atoms with Crippen LogP contribution in [0.1, 0.15) is 25.3 Å². The summed E-state index contributed by atoms with van der Waals surface area (Å²) in [6, 6.07) is 17.3. The summed E-state index contributed by atoms with van der Waals surface area (Å²) in [5.41, 5.74) is 3.19. The summed E-state index contributed by atoms with van der Waals surface area (Å²) in [5.74, 6) is -2.97. The normalized spacial score (nSPS) is 17.7. The number of carbonyl (C=O) groups excluding carboxylic acids is 1. The molecule has 3 N–H and O–H groups in total. The van der Waals surface area contributed by atoms with Crippen molar-refractivity contribution in [1.82, 2.24) is 10.2 Å². The van der Waals surface area contributed by atoms with Gasteiger partial charge in [0.05, 0.1) is 11.8 Å². The van der Waals surface area contributed by atoms with Gasteiger partial charge in [0.25, 0.3) is 0 Å². The summed E-state index contributed by atoms with van der Waals surface area (Å²) in [4.78, 5) is 36.7. The smallest absolute Gasteiger partial charge is 0.317 e. The van der Waals surface area contributed by atoms with Crippen molar-refractivity contribution in [2.24, 2.45) is 11.8 Å². The number of benzene rings is 2. The van der Waals surface area contributed by atoms with Gasteiger partial charge in [-0.05, 0) is 36.0 Å². The molecule has 1 heterocycles. The molecule has 7 nitrogen and oxygen atoms in total. The van der Waals surface area contributed by atoms with Gasteiger partial charge in [-0.2, -0.15) is 0 Å². The van der Waals surface area contributed by atoms with Crippen LogP contribution in [0.2, 0.25) is 0 Å². The molecule has 164 valence electrons. The molecule has 3 rings (SSSR count). The summed E-state index contributed by atoms with van der Waals surface area (Å²) in [6.45, 7) is 2.18. The first-order valence-corrected chi connectivity index (χ1v) is 10.5. The second kappa shape index (κ2) is 10.1. The number of nitrogens with one attached hydrogen (secondary N) is 1. The topological polar surface area (TPSA) is 107 Å². The van der Waals surface area contributed by atoms with Crippen LogP contribution in [0, 0.1) is 11.8 Å². The molecule has 7 heteroatoms. The third kappa shape index (κ3) is 6.07. The van der Waals surface area contributed by atoms with Crippen molar-refractivity contribution in [1.29, 1.82) is 0 Å².